The smallest absolute Gasteiger partial charge is 0.145 e. The van der Waals surface area contributed by atoms with E-state index in [-0.39, 0.29) is 0 Å². The van der Waals surface area contributed by atoms with Gasteiger partial charge in [-0.3, -0.25) is 4.57 Å². The lowest BCUT2D eigenvalue weighted by atomic mass is 9.84. The molecular formula is C53H38N2. The minimum absolute atomic E-state index is 0.933. The molecule has 2 heteroatoms. The van der Waals surface area contributed by atoms with Gasteiger partial charge in [-0.15, -0.1) is 0 Å². The zero-order chi connectivity index (χ0) is 36.9. The topological polar surface area (TPSA) is 17.8 Å². The third-order valence-corrected chi connectivity index (χ3v) is 11.0. The summed E-state index contributed by atoms with van der Waals surface area (Å²) in [5, 5.41) is 9.97. The highest BCUT2D eigenvalue weighted by Crippen LogP contribution is 2.46. The third-order valence-electron chi connectivity index (χ3n) is 11.0. The molecule has 0 aliphatic carbocycles. The normalized spacial score (nSPS) is 12.2. The van der Waals surface area contributed by atoms with E-state index in [1.54, 1.807) is 0 Å². The Morgan fingerprint density at radius 1 is 0.436 bits per heavy atom. The van der Waals surface area contributed by atoms with Crippen molar-refractivity contribution in [2.24, 2.45) is 0 Å². The molecule has 260 valence electrons. The Labute approximate surface area is 321 Å². The molecule has 0 bridgehead atoms. The minimum atomic E-state index is 0.933. The van der Waals surface area contributed by atoms with Crippen molar-refractivity contribution in [3.63, 3.8) is 0 Å². The highest BCUT2D eigenvalue weighted by Gasteiger charge is 2.19. The van der Waals surface area contributed by atoms with Gasteiger partial charge in [-0.25, -0.2) is 4.98 Å². The molecule has 0 aliphatic heterocycles. The van der Waals surface area contributed by atoms with Crippen LogP contribution < -0.4 is 0 Å². The second-order valence-corrected chi connectivity index (χ2v) is 14.2. The lowest BCUT2D eigenvalue weighted by molar-refractivity contribution is 1.14. The zero-order valence-electron chi connectivity index (χ0n) is 30.9. The van der Waals surface area contributed by atoms with E-state index in [4.69, 9.17) is 4.98 Å². The molecule has 0 fully saturated rings. The fourth-order valence-electron chi connectivity index (χ4n) is 8.43. The molecule has 0 aliphatic rings. The van der Waals surface area contributed by atoms with Crippen molar-refractivity contribution in [2.45, 2.75) is 13.8 Å². The van der Waals surface area contributed by atoms with Gasteiger partial charge in [-0.05, 0) is 127 Å². The molecule has 9 aromatic carbocycles. The van der Waals surface area contributed by atoms with E-state index >= 15 is 0 Å². The van der Waals surface area contributed by atoms with Crippen LogP contribution in [0.3, 0.4) is 0 Å². The van der Waals surface area contributed by atoms with Crippen LogP contribution in [0.25, 0.3) is 105 Å². The Bertz CT molecular complexity index is 3160. The summed E-state index contributed by atoms with van der Waals surface area (Å²) in [4.78, 5) is 5.12. The molecule has 2 nitrogen and oxygen atoms in total. The number of nitrogens with zero attached hydrogens (tertiary/aromatic N) is 2. The van der Waals surface area contributed by atoms with Gasteiger partial charge >= 0.3 is 0 Å². The number of hydrogen-bond donors (Lipinski definition) is 0. The first-order valence-corrected chi connectivity index (χ1v) is 19.0. The molecule has 0 atom stereocenters. The van der Waals surface area contributed by atoms with E-state index in [9.17, 15) is 0 Å². The fraction of sp³-hybridized carbons (Fsp3) is 0.0377. The summed E-state index contributed by atoms with van der Waals surface area (Å²) in [7, 11) is 0. The summed E-state index contributed by atoms with van der Waals surface area (Å²) in [6, 6.07) is 64.3. The Balaban J connectivity index is 1.19. The molecule has 55 heavy (non-hydrogen) atoms. The van der Waals surface area contributed by atoms with E-state index in [1.807, 2.05) is 0 Å². The van der Waals surface area contributed by atoms with Crippen LogP contribution in [0.2, 0.25) is 0 Å². The van der Waals surface area contributed by atoms with Gasteiger partial charge in [-0.2, -0.15) is 0 Å². The monoisotopic (exact) mass is 702 g/mol. The molecule has 0 amide bonds. The van der Waals surface area contributed by atoms with Crippen LogP contribution in [0.5, 0.6) is 0 Å². The van der Waals surface area contributed by atoms with Crippen molar-refractivity contribution in [1.29, 1.82) is 0 Å². The predicted molar refractivity (Wildman–Crippen MR) is 236 cm³/mol. The number of allylic oxidation sites excluding steroid dienone is 4. The number of rotatable bonds is 6. The third kappa shape index (κ3) is 5.54. The average Bonchev–Trinajstić information content (AvgIpc) is 3.63. The van der Waals surface area contributed by atoms with Crippen LogP contribution in [0.4, 0.5) is 0 Å². The van der Waals surface area contributed by atoms with Crippen LogP contribution in [0.1, 0.15) is 13.8 Å². The largest absolute Gasteiger partial charge is 0.293 e. The van der Waals surface area contributed by atoms with Gasteiger partial charge in [0.25, 0.3) is 0 Å². The number of benzene rings is 9. The number of imidazole rings is 1. The van der Waals surface area contributed by atoms with E-state index in [0.29, 0.717) is 0 Å². The summed E-state index contributed by atoms with van der Waals surface area (Å²) in [5.41, 5.74) is 11.6. The van der Waals surface area contributed by atoms with Crippen LogP contribution >= 0.6 is 0 Å². The first kappa shape index (κ1) is 32.6. The highest BCUT2D eigenvalue weighted by molar-refractivity contribution is 6.22. The van der Waals surface area contributed by atoms with Crippen LogP contribution in [-0.2, 0) is 0 Å². The zero-order valence-corrected chi connectivity index (χ0v) is 30.9. The molecule has 0 unspecified atom stereocenters. The minimum Gasteiger partial charge on any atom is -0.293 e. The van der Waals surface area contributed by atoms with E-state index in [0.717, 1.165) is 33.7 Å². The van der Waals surface area contributed by atoms with Gasteiger partial charge in [0.15, 0.2) is 0 Å². The molecule has 0 radical (unpaired) electrons. The van der Waals surface area contributed by atoms with Gasteiger partial charge in [0, 0.05) is 11.3 Å². The highest BCUT2D eigenvalue weighted by atomic mass is 15.1. The maximum Gasteiger partial charge on any atom is 0.145 e. The lowest BCUT2D eigenvalue weighted by Crippen LogP contribution is -1.98. The van der Waals surface area contributed by atoms with Gasteiger partial charge in [0.2, 0.25) is 0 Å². The van der Waals surface area contributed by atoms with Crippen LogP contribution in [0.15, 0.2) is 194 Å². The summed E-state index contributed by atoms with van der Waals surface area (Å²) in [6.45, 7) is 4.14. The summed E-state index contributed by atoms with van der Waals surface area (Å²) in [6.07, 6.45) is 6.37. The molecule has 0 saturated carbocycles. The second-order valence-electron chi connectivity index (χ2n) is 14.2. The molecular weight excluding hydrogens is 665 g/mol. The van der Waals surface area contributed by atoms with Crippen molar-refractivity contribution in [1.82, 2.24) is 9.55 Å². The Morgan fingerprint density at radius 3 is 1.58 bits per heavy atom. The van der Waals surface area contributed by atoms with Gasteiger partial charge in [0.1, 0.15) is 5.82 Å². The molecule has 0 spiro atoms. The summed E-state index contributed by atoms with van der Waals surface area (Å²) in [5.74, 6) is 0.933. The Kier molecular flexibility index (Phi) is 7.96. The van der Waals surface area contributed by atoms with E-state index in [2.05, 4.69) is 213 Å². The van der Waals surface area contributed by atoms with Gasteiger partial charge in [-0.1, -0.05) is 158 Å². The van der Waals surface area contributed by atoms with Crippen molar-refractivity contribution in [3.05, 3.63) is 194 Å². The maximum atomic E-state index is 5.12. The molecule has 1 aromatic heterocycles. The van der Waals surface area contributed by atoms with E-state index < -0.39 is 0 Å². The molecule has 1 heterocycles. The molecule has 10 rings (SSSR count). The van der Waals surface area contributed by atoms with Crippen molar-refractivity contribution in [3.8, 4) is 44.8 Å². The number of fused-ring (bicyclic) bond motifs is 5. The second kappa shape index (κ2) is 13.4. The standard InChI is InChI=1S/C53H38N2/c1-3-13-44(4-2)55-50-21-12-11-20-49(50)54-53(55)38-26-22-37(23-27-38)41-30-31-47-48(34-41)52(43-29-25-36-15-6-8-17-40(36)33-43)46-19-10-9-18-45(46)51(47)42-28-24-35-14-5-7-16-39(35)32-42/h3-34H,1-2H3/b13-3-,44-4+. The molecule has 0 saturated heterocycles. The number of aromatic nitrogens is 2. The lowest BCUT2D eigenvalue weighted by Gasteiger charge is -2.19. The Hall–Kier alpha value is -7.03. The van der Waals surface area contributed by atoms with Gasteiger partial charge in [0.05, 0.1) is 11.0 Å². The SMILES string of the molecule is C/C=C\C(=C/C)n1c(-c2ccc(-c3ccc4c(-c5ccc6ccccc6c5)c5ccccc5c(-c5ccc6ccccc6c5)c4c3)cc2)nc2ccccc21. The number of hydrogen-bond acceptors (Lipinski definition) is 1. The quantitative estimate of drug-likeness (QED) is 0.125. The maximum absolute atomic E-state index is 5.12. The average molecular weight is 703 g/mol. The first-order chi connectivity index (χ1) is 27.2. The van der Waals surface area contributed by atoms with Gasteiger partial charge < -0.3 is 0 Å². The van der Waals surface area contributed by atoms with Crippen molar-refractivity contribution in [2.75, 3.05) is 0 Å². The number of para-hydroxylation sites is 2. The molecule has 10 aromatic rings. The fourth-order valence-corrected chi connectivity index (χ4v) is 8.43. The van der Waals surface area contributed by atoms with E-state index in [1.165, 1.54) is 70.9 Å². The summed E-state index contributed by atoms with van der Waals surface area (Å²) >= 11 is 0. The Morgan fingerprint density at radius 2 is 0.945 bits per heavy atom. The van der Waals surface area contributed by atoms with Crippen LogP contribution in [-0.4, -0.2) is 9.55 Å². The summed E-state index contributed by atoms with van der Waals surface area (Å²) < 4.78 is 2.26. The predicted octanol–water partition coefficient (Wildman–Crippen LogP) is 14.8. The molecule has 0 N–H and O–H groups in total. The van der Waals surface area contributed by atoms with Crippen molar-refractivity contribution < 1.29 is 0 Å². The van der Waals surface area contributed by atoms with Crippen LogP contribution in [0, 0.1) is 0 Å². The van der Waals surface area contributed by atoms with Crippen molar-refractivity contribution >= 4 is 59.8 Å². The first-order valence-electron chi connectivity index (χ1n) is 19.0.